The highest BCUT2D eigenvalue weighted by Gasteiger charge is 2.25. The first kappa shape index (κ1) is 13.2. The van der Waals surface area contributed by atoms with Crippen LogP contribution in [0.15, 0.2) is 24.5 Å². The minimum absolute atomic E-state index is 0.364. The summed E-state index contributed by atoms with van der Waals surface area (Å²) in [4.78, 5) is 28.0. The number of amides is 1. The van der Waals surface area contributed by atoms with Crippen LogP contribution in [0, 0.1) is 5.92 Å². The highest BCUT2D eigenvalue weighted by Crippen LogP contribution is 2.08. The van der Waals surface area contributed by atoms with Crippen molar-refractivity contribution in [2.45, 2.75) is 20.4 Å². The first-order valence-electron chi connectivity index (χ1n) is 5.46. The molecule has 0 fully saturated rings. The predicted molar refractivity (Wildman–Crippen MR) is 62.1 cm³/mol. The highest BCUT2D eigenvalue weighted by atomic mass is 16.4. The molecule has 1 rings (SSSR count). The fourth-order valence-electron chi connectivity index (χ4n) is 1.43. The van der Waals surface area contributed by atoms with Gasteiger partial charge in [0.05, 0.1) is 0 Å². The van der Waals surface area contributed by atoms with Crippen LogP contribution in [0.4, 0.5) is 0 Å². The number of hydrogen-bond donors (Lipinski definition) is 1. The van der Waals surface area contributed by atoms with Crippen LogP contribution in [-0.2, 0) is 16.1 Å². The third kappa shape index (κ3) is 3.55. The molecule has 1 heterocycles. The summed E-state index contributed by atoms with van der Waals surface area (Å²) >= 11 is 0. The maximum atomic E-state index is 11.8. The van der Waals surface area contributed by atoms with E-state index in [9.17, 15) is 9.59 Å². The number of carbonyl (C=O) groups is 2. The summed E-state index contributed by atoms with van der Waals surface area (Å²) in [5.74, 6) is -2.46. The normalized spacial score (nSPS) is 11.9. The van der Waals surface area contributed by atoms with Crippen molar-refractivity contribution >= 4 is 11.9 Å². The molecule has 1 unspecified atom stereocenters. The fourth-order valence-corrected chi connectivity index (χ4v) is 1.43. The second-order valence-electron chi connectivity index (χ2n) is 3.77. The molecule has 17 heavy (non-hydrogen) atoms. The maximum Gasteiger partial charge on any atom is 0.315 e. The molecule has 5 nitrogen and oxygen atoms in total. The molecule has 0 saturated heterocycles. The Bertz CT molecular complexity index is 392. The molecule has 0 aliphatic rings. The van der Waals surface area contributed by atoms with Crippen molar-refractivity contribution < 1.29 is 14.7 Å². The second kappa shape index (κ2) is 5.98. The summed E-state index contributed by atoms with van der Waals surface area (Å²) in [6.45, 7) is 4.13. The minimum atomic E-state index is -1.09. The molecular weight excluding hydrogens is 220 g/mol. The summed E-state index contributed by atoms with van der Waals surface area (Å²) in [5.41, 5.74) is 0.938. The van der Waals surface area contributed by atoms with Gasteiger partial charge in [-0.3, -0.25) is 14.6 Å². The lowest BCUT2D eigenvalue weighted by Gasteiger charge is -2.22. The molecule has 1 atom stereocenters. The number of carbonyl (C=O) groups excluding carboxylic acids is 1. The SMILES string of the molecule is CCN(Cc1ccncc1)C(=O)C(C)C(=O)O. The molecule has 0 aromatic carbocycles. The molecule has 0 saturated carbocycles. The summed E-state index contributed by atoms with van der Waals surface area (Å²) in [6.07, 6.45) is 3.29. The van der Waals surface area contributed by atoms with Crippen molar-refractivity contribution in [1.29, 1.82) is 0 Å². The van der Waals surface area contributed by atoms with Gasteiger partial charge in [0.2, 0.25) is 5.91 Å². The Labute approximate surface area is 100 Å². The van der Waals surface area contributed by atoms with Gasteiger partial charge < -0.3 is 10.0 Å². The van der Waals surface area contributed by atoms with Gasteiger partial charge in [0.25, 0.3) is 0 Å². The molecule has 0 aliphatic heterocycles. The van der Waals surface area contributed by atoms with E-state index in [2.05, 4.69) is 4.98 Å². The van der Waals surface area contributed by atoms with Crippen molar-refractivity contribution in [3.63, 3.8) is 0 Å². The number of carboxylic acid groups (broad SMARTS) is 1. The molecule has 5 heteroatoms. The zero-order valence-electron chi connectivity index (χ0n) is 9.96. The van der Waals surface area contributed by atoms with Crippen molar-refractivity contribution in [3.8, 4) is 0 Å². The summed E-state index contributed by atoms with van der Waals surface area (Å²) in [7, 11) is 0. The molecule has 0 spiro atoms. The Hall–Kier alpha value is -1.91. The second-order valence-corrected chi connectivity index (χ2v) is 3.77. The number of rotatable bonds is 5. The smallest absolute Gasteiger partial charge is 0.315 e. The van der Waals surface area contributed by atoms with E-state index in [1.165, 1.54) is 11.8 Å². The summed E-state index contributed by atoms with van der Waals surface area (Å²) in [6, 6.07) is 3.61. The standard InChI is InChI=1S/C12H16N2O3/c1-3-14(11(15)9(2)12(16)17)8-10-4-6-13-7-5-10/h4-7,9H,3,8H2,1-2H3,(H,16,17). The van der Waals surface area contributed by atoms with Crippen LogP contribution < -0.4 is 0 Å². The lowest BCUT2D eigenvalue weighted by molar-refractivity contribution is -0.150. The maximum absolute atomic E-state index is 11.8. The summed E-state index contributed by atoms with van der Waals surface area (Å²) < 4.78 is 0. The largest absolute Gasteiger partial charge is 0.481 e. The van der Waals surface area contributed by atoms with Crippen molar-refractivity contribution in [1.82, 2.24) is 9.88 Å². The van der Waals surface area contributed by atoms with E-state index >= 15 is 0 Å². The van der Waals surface area contributed by atoms with Crippen LogP contribution in [0.2, 0.25) is 0 Å². The molecule has 0 radical (unpaired) electrons. The van der Waals surface area contributed by atoms with Crippen LogP contribution in [-0.4, -0.2) is 33.4 Å². The van der Waals surface area contributed by atoms with Gasteiger partial charge in [0.1, 0.15) is 5.92 Å². The van der Waals surface area contributed by atoms with E-state index in [0.29, 0.717) is 13.1 Å². The Morgan fingerprint density at radius 1 is 1.41 bits per heavy atom. The highest BCUT2D eigenvalue weighted by molar-refractivity contribution is 5.96. The molecule has 92 valence electrons. The van der Waals surface area contributed by atoms with E-state index in [4.69, 9.17) is 5.11 Å². The number of carboxylic acids is 1. The van der Waals surface area contributed by atoms with Gasteiger partial charge in [0, 0.05) is 25.5 Å². The first-order chi connectivity index (χ1) is 8.06. The van der Waals surface area contributed by atoms with E-state index in [1.54, 1.807) is 24.5 Å². The third-order valence-electron chi connectivity index (χ3n) is 2.56. The zero-order chi connectivity index (χ0) is 12.8. The van der Waals surface area contributed by atoms with Gasteiger partial charge >= 0.3 is 5.97 Å². The van der Waals surface area contributed by atoms with Crippen LogP contribution >= 0.6 is 0 Å². The zero-order valence-corrected chi connectivity index (χ0v) is 9.96. The van der Waals surface area contributed by atoms with E-state index in [-0.39, 0.29) is 5.91 Å². The quantitative estimate of drug-likeness (QED) is 0.778. The summed E-state index contributed by atoms with van der Waals surface area (Å²) in [5, 5.41) is 8.81. The first-order valence-corrected chi connectivity index (χ1v) is 5.46. The monoisotopic (exact) mass is 236 g/mol. The van der Waals surface area contributed by atoms with Gasteiger partial charge in [-0.05, 0) is 31.5 Å². The average Bonchev–Trinajstić information content (AvgIpc) is 2.35. The fraction of sp³-hybridized carbons (Fsp3) is 0.417. The van der Waals surface area contributed by atoms with E-state index in [0.717, 1.165) is 5.56 Å². The number of hydrogen-bond acceptors (Lipinski definition) is 3. The molecule has 1 aromatic rings. The van der Waals surface area contributed by atoms with Crippen molar-refractivity contribution in [2.75, 3.05) is 6.54 Å². The Morgan fingerprint density at radius 3 is 2.47 bits per heavy atom. The lowest BCUT2D eigenvalue weighted by atomic mass is 10.1. The van der Waals surface area contributed by atoms with E-state index < -0.39 is 11.9 Å². The number of aliphatic carboxylic acids is 1. The predicted octanol–water partition coefficient (Wildman–Crippen LogP) is 1.15. The van der Waals surface area contributed by atoms with Crippen LogP contribution in [0.1, 0.15) is 19.4 Å². The van der Waals surface area contributed by atoms with Crippen LogP contribution in [0.25, 0.3) is 0 Å². The molecule has 0 bridgehead atoms. The topological polar surface area (TPSA) is 70.5 Å². The third-order valence-corrected chi connectivity index (χ3v) is 2.56. The Morgan fingerprint density at radius 2 is 2.00 bits per heavy atom. The van der Waals surface area contributed by atoms with Crippen LogP contribution in [0.3, 0.4) is 0 Å². The van der Waals surface area contributed by atoms with Crippen LogP contribution in [0.5, 0.6) is 0 Å². The van der Waals surface area contributed by atoms with Gasteiger partial charge in [-0.2, -0.15) is 0 Å². The minimum Gasteiger partial charge on any atom is -0.481 e. The number of aromatic nitrogens is 1. The lowest BCUT2D eigenvalue weighted by Crippen LogP contribution is -2.37. The molecular formula is C12H16N2O3. The number of pyridine rings is 1. The molecule has 1 aromatic heterocycles. The number of nitrogens with zero attached hydrogens (tertiary/aromatic N) is 2. The van der Waals surface area contributed by atoms with Gasteiger partial charge in [-0.1, -0.05) is 0 Å². The van der Waals surface area contributed by atoms with Gasteiger partial charge in [-0.25, -0.2) is 0 Å². The molecule has 1 amide bonds. The van der Waals surface area contributed by atoms with Gasteiger partial charge in [0.15, 0.2) is 0 Å². The molecule has 0 aliphatic carbocycles. The Kier molecular flexibility index (Phi) is 4.63. The van der Waals surface area contributed by atoms with Crippen molar-refractivity contribution in [3.05, 3.63) is 30.1 Å². The molecule has 1 N–H and O–H groups in total. The van der Waals surface area contributed by atoms with Crippen molar-refractivity contribution in [2.24, 2.45) is 5.92 Å². The van der Waals surface area contributed by atoms with Gasteiger partial charge in [-0.15, -0.1) is 0 Å². The Balaban J connectivity index is 2.72. The van der Waals surface area contributed by atoms with E-state index in [1.807, 2.05) is 6.92 Å². The average molecular weight is 236 g/mol.